The first kappa shape index (κ1) is 13.3. The summed E-state index contributed by atoms with van der Waals surface area (Å²) < 4.78 is 4.53. The van der Waals surface area contributed by atoms with E-state index in [1.807, 2.05) is 30.3 Å². The van der Waals surface area contributed by atoms with E-state index in [1.54, 1.807) is 12.4 Å². The van der Waals surface area contributed by atoms with Gasteiger partial charge in [-0.2, -0.15) is 4.40 Å². The quantitative estimate of drug-likeness (QED) is 0.850. The number of nitrogens with one attached hydrogen (secondary N) is 1. The highest BCUT2D eigenvalue weighted by atomic mass is 35.5. The summed E-state index contributed by atoms with van der Waals surface area (Å²) in [5.74, 6) is 0.818. The number of aromatic nitrogens is 1. The maximum Gasteiger partial charge on any atom is 0.215 e. The fraction of sp³-hybridized carbons (Fsp3) is 0.143. The molecule has 2 aromatic rings. The van der Waals surface area contributed by atoms with E-state index < -0.39 is 0 Å². The van der Waals surface area contributed by atoms with Gasteiger partial charge in [-0.25, -0.2) is 0 Å². The van der Waals surface area contributed by atoms with Crippen molar-refractivity contribution in [2.75, 3.05) is 16.8 Å². The van der Waals surface area contributed by atoms with Crippen molar-refractivity contribution in [2.24, 2.45) is 4.40 Å². The highest BCUT2D eigenvalue weighted by molar-refractivity contribution is 7.98. The fourth-order valence-corrected chi connectivity index (χ4v) is 2.97. The summed E-state index contributed by atoms with van der Waals surface area (Å²) in [6, 6.07) is 9.70. The lowest BCUT2D eigenvalue weighted by Crippen LogP contribution is -2.37. The van der Waals surface area contributed by atoms with Crippen molar-refractivity contribution in [3.63, 3.8) is 0 Å². The van der Waals surface area contributed by atoms with Crippen molar-refractivity contribution in [3.8, 4) is 0 Å². The molecule has 1 N–H and O–H groups in total. The van der Waals surface area contributed by atoms with E-state index >= 15 is 0 Å². The number of fused-ring (bicyclic) bond motifs is 1. The van der Waals surface area contributed by atoms with E-state index in [2.05, 4.69) is 26.5 Å². The molecule has 102 valence electrons. The third-order valence-electron chi connectivity index (χ3n) is 2.97. The Hall–Kier alpha value is -1.72. The summed E-state index contributed by atoms with van der Waals surface area (Å²) in [7, 11) is 0. The van der Waals surface area contributed by atoms with Crippen LogP contribution in [0.4, 0.5) is 11.4 Å². The lowest BCUT2D eigenvalue weighted by Gasteiger charge is -2.28. The Morgan fingerprint density at radius 3 is 2.80 bits per heavy atom. The zero-order valence-electron chi connectivity index (χ0n) is 10.9. The molecule has 1 aromatic carbocycles. The van der Waals surface area contributed by atoms with E-state index in [4.69, 9.17) is 11.6 Å². The van der Waals surface area contributed by atoms with Crippen molar-refractivity contribution in [1.82, 2.24) is 4.98 Å². The molecular formula is C14H13ClN4S. The van der Waals surface area contributed by atoms with Gasteiger partial charge in [0.1, 0.15) is 0 Å². The predicted molar refractivity (Wildman–Crippen MR) is 85.6 cm³/mol. The summed E-state index contributed by atoms with van der Waals surface area (Å²) in [6.45, 7) is 2.91. The average Bonchev–Trinajstić information content (AvgIpc) is 2.49. The van der Waals surface area contributed by atoms with E-state index in [0.717, 1.165) is 33.8 Å². The molecule has 4 nitrogen and oxygen atoms in total. The highest BCUT2D eigenvalue weighted by Gasteiger charge is 2.18. The van der Waals surface area contributed by atoms with Crippen LogP contribution in [0.1, 0.15) is 6.92 Å². The Labute approximate surface area is 127 Å². The van der Waals surface area contributed by atoms with Gasteiger partial charge in [0.05, 0.1) is 10.6 Å². The Morgan fingerprint density at radius 2 is 2.05 bits per heavy atom. The van der Waals surface area contributed by atoms with Crippen LogP contribution in [0.2, 0.25) is 5.02 Å². The molecule has 1 aromatic heterocycles. The second kappa shape index (κ2) is 5.73. The number of anilines is 2. The summed E-state index contributed by atoms with van der Waals surface area (Å²) in [6.07, 6.45) is 3.56. The first-order valence-corrected chi connectivity index (χ1v) is 7.42. The molecule has 0 aliphatic carbocycles. The molecule has 0 atom stereocenters. The predicted octanol–water partition coefficient (Wildman–Crippen LogP) is 4.05. The second-order valence-corrected chi connectivity index (χ2v) is 5.46. The van der Waals surface area contributed by atoms with Gasteiger partial charge in [-0.15, -0.1) is 0 Å². The SMILES string of the molecule is CCN(C1=NSc2cc(Cl)ccc2N1)c1ccncc1. The molecule has 0 unspecified atom stereocenters. The van der Waals surface area contributed by atoms with Gasteiger partial charge in [0.15, 0.2) is 0 Å². The summed E-state index contributed by atoms with van der Waals surface area (Å²) in [5, 5.41) is 4.07. The van der Waals surface area contributed by atoms with Gasteiger partial charge in [-0.05, 0) is 37.3 Å². The van der Waals surface area contributed by atoms with Gasteiger partial charge in [-0.3, -0.25) is 4.98 Å². The summed E-state index contributed by atoms with van der Waals surface area (Å²) >= 11 is 7.42. The van der Waals surface area contributed by atoms with Gasteiger partial charge in [0, 0.05) is 41.6 Å². The molecule has 20 heavy (non-hydrogen) atoms. The fourth-order valence-electron chi connectivity index (χ4n) is 2.01. The molecule has 6 heteroatoms. The summed E-state index contributed by atoms with van der Waals surface area (Å²) in [5.41, 5.74) is 2.09. The Kier molecular flexibility index (Phi) is 3.80. The van der Waals surface area contributed by atoms with Crippen molar-refractivity contribution < 1.29 is 0 Å². The maximum atomic E-state index is 5.99. The van der Waals surface area contributed by atoms with Gasteiger partial charge in [-0.1, -0.05) is 11.6 Å². The molecule has 0 bridgehead atoms. The first-order valence-electron chi connectivity index (χ1n) is 6.27. The van der Waals surface area contributed by atoms with Crippen LogP contribution in [-0.2, 0) is 0 Å². The monoisotopic (exact) mass is 304 g/mol. The van der Waals surface area contributed by atoms with Crippen LogP contribution in [0.25, 0.3) is 0 Å². The molecule has 1 aliphatic rings. The van der Waals surface area contributed by atoms with Crippen molar-refractivity contribution in [3.05, 3.63) is 47.7 Å². The van der Waals surface area contributed by atoms with Crippen LogP contribution in [0.3, 0.4) is 0 Å². The molecule has 0 amide bonds. The zero-order chi connectivity index (χ0) is 13.9. The number of nitrogens with zero attached hydrogens (tertiary/aromatic N) is 3. The minimum atomic E-state index is 0.721. The van der Waals surface area contributed by atoms with E-state index in [0.29, 0.717) is 0 Å². The van der Waals surface area contributed by atoms with Crippen LogP contribution in [0.15, 0.2) is 52.0 Å². The molecule has 0 saturated carbocycles. The highest BCUT2D eigenvalue weighted by Crippen LogP contribution is 2.35. The third kappa shape index (κ3) is 2.59. The standard InChI is InChI=1S/C14H13ClN4S/c1-2-19(11-5-7-16-8-6-11)14-17-12-4-3-10(15)9-13(12)20-18-14/h3-9H,2H2,1H3,(H,17,18). The normalized spacial score (nSPS) is 13.2. The lowest BCUT2D eigenvalue weighted by molar-refractivity contribution is 1.05. The Bertz CT molecular complexity index is 645. The smallest absolute Gasteiger partial charge is 0.215 e. The molecular weight excluding hydrogens is 292 g/mol. The Morgan fingerprint density at radius 1 is 1.25 bits per heavy atom. The van der Waals surface area contributed by atoms with Crippen LogP contribution in [0, 0.1) is 0 Å². The van der Waals surface area contributed by atoms with E-state index in [9.17, 15) is 0 Å². The van der Waals surface area contributed by atoms with Crippen LogP contribution in [-0.4, -0.2) is 17.5 Å². The minimum Gasteiger partial charge on any atom is -0.324 e. The Balaban J connectivity index is 1.89. The number of halogens is 1. The first-order chi connectivity index (χ1) is 9.78. The van der Waals surface area contributed by atoms with Gasteiger partial charge in [0.25, 0.3) is 0 Å². The molecule has 3 rings (SSSR count). The van der Waals surface area contributed by atoms with Crippen LogP contribution >= 0.6 is 23.5 Å². The molecule has 0 fully saturated rings. The minimum absolute atomic E-state index is 0.721. The number of benzene rings is 1. The van der Waals surface area contributed by atoms with E-state index in [1.165, 1.54) is 11.9 Å². The summed E-state index contributed by atoms with van der Waals surface area (Å²) in [4.78, 5) is 7.18. The molecule has 1 aliphatic heterocycles. The number of hydrogen-bond donors (Lipinski definition) is 1. The third-order valence-corrected chi connectivity index (χ3v) is 4.00. The van der Waals surface area contributed by atoms with Crippen molar-refractivity contribution in [1.29, 1.82) is 0 Å². The number of rotatable bonds is 2. The number of hydrogen-bond acceptors (Lipinski definition) is 5. The van der Waals surface area contributed by atoms with Crippen molar-refractivity contribution >= 4 is 40.9 Å². The number of pyridine rings is 1. The molecule has 2 heterocycles. The lowest BCUT2D eigenvalue weighted by atomic mass is 10.3. The number of guanidine groups is 1. The molecule has 0 radical (unpaired) electrons. The van der Waals surface area contributed by atoms with Gasteiger partial charge in [0.2, 0.25) is 5.96 Å². The molecule has 0 saturated heterocycles. The van der Waals surface area contributed by atoms with Gasteiger partial charge >= 0.3 is 0 Å². The van der Waals surface area contributed by atoms with Crippen molar-refractivity contribution in [2.45, 2.75) is 11.8 Å². The second-order valence-electron chi connectivity index (χ2n) is 4.22. The maximum absolute atomic E-state index is 5.99. The van der Waals surface area contributed by atoms with Crippen LogP contribution < -0.4 is 10.2 Å². The molecule has 0 spiro atoms. The van der Waals surface area contributed by atoms with Crippen LogP contribution in [0.5, 0.6) is 0 Å². The average molecular weight is 305 g/mol. The topological polar surface area (TPSA) is 40.5 Å². The van der Waals surface area contributed by atoms with Gasteiger partial charge < -0.3 is 10.2 Å². The zero-order valence-corrected chi connectivity index (χ0v) is 12.4. The van der Waals surface area contributed by atoms with E-state index in [-0.39, 0.29) is 0 Å². The largest absolute Gasteiger partial charge is 0.324 e.